The molecule has 162 valence electrons. The molecule has 11 heteroatoms. The number of nitro groups is 1. The number of hydrogen-bond acceptors (Lipinski definition) is 5. The minimum absolute atomic E-state index is 0.00792. The normalized spacial score (nSPS) is 12.4. The maximum absolute atomic E-state index is 13.2. The molecule has 1 heterocycles. The molecule has 3 rings (SSSR count). The van der Waals surface area contributed by atoms with Crippen LogP contribution in [0.15, 0.2) is 66.0 Å². The first-order valence-electron chi connectivity index (χ1n) is 9.04. The molecule has 0 aliphatic rings. The number of halogens is 3. The molecule has 0 aliphatic heterocycles. The van der Waals surface area contributed by atoms with Crippen LogP contribution >= 0.6 is 11.8 Å². The fourth-order valence-corrected chi connectivity index (χ4v) is 3.69. The van der Waals surface area contributed by atoms with Gasteiger partial charge in [0.15, 0.2) is 5.16 Å². The van der Waals surface area contributed by atoms with Gasteiger partial charge in [-0.05, 0) is 18.6 Å². The average molecular weight is 450 g/mol. The molecule has 7 nitrogen and oxygen atoms in total. The van der Waals surface area contributed by atoms with Crippen molar-refractivity contribution in [3.05, 3.63) is 70.9 Å². The van der Waals surface area contributed by atoms with Gasteiger partial charge in [-0.2, -0.15) is 13.2 Å². The third-order valence-corrected chi connectivity index (χ3v) is 5.34. The second-order valence-electron chi connectivity index (χ2n) is 6.52. The number of rotatable bonds is 7. The topological polar surface area (TPSA) is 90.1 Å². The number of imidazole rings is 1. The fraction of sp³-hybridized carbons (Fsp3) is 0.200. The number of aromatic nitrogens is 2. The quantitative estimate of drug-likeness (QED) is 0.306. The van der Waals surface area contributed by atoms with Gasteiger partial charge >= 0.3 is 6.18 Å². The number of carbonyl (C=O) groups is 1. The third-order valence-electron chi connectivity index (χ3n) is 4.24. The zero-order chi connectivity index (χ0) is 22.6. The van der Waals surface area contributed by atoms with Crippen molar-refractivity contribution in [2.45, 2.75) is 30.1 Å². The van der Waals surface area contributed by atoms with Crippen LogP contribution in [0.1, 0.15) is 6.92 Å². The van der Waals surface area contributed by atoms with E-state index < -0.39 is 28.8 Å². The van der Waals surface area contributed by atoms with Crippen LogP contribution in [-0.2, 0) is 11.3 Å². The Morgan fingerprint density at radius 1 is 1.19 bits per heavy atom. The first kappa shape index (κ1) is 22.3. The Morgan fingerprint density at radius 3 is 2.48 bits per heavy atom. The van der Waals surface area contributed by atoms with Crippen molar-refractivity contribution in [2.75, 3.05) is 5.32 Å². The Hall–Kier alpha value is -3.34. The standard InChI is InChI=1S/C20H17F3N4O3S/c1-13(18(28)25-15-9-5-6-10-16(15)27(29)30)31-19-24-11-17(14-7-3-2-4-8-14)26(19)12-20(21,22)23/h2-11,13H,12H2,1H3,(H,25,28). The zero-order valence-electron chi connectivity index (χ0n) is 16.2. The van der Waals surface area contributed by atoms with E-state index in [4.69, 9.17) is 0 Å². The number of benzene rings is 2. The number of carbonyl (C=O) groups excluding carboxylic acids is 1. The lowest BCUT2D eigenvalue weighted by atomic mass is 10.2. The van der Waals surface area contributed by atoms with Crippen LogP contribution in [0.4, 0.5) is 24.5 Å². The number of para-hydroxylation sites is 2. The van der Waals surface area contributed by atoms with Crippen molar-refractivity contribution in [3.8, 4) is 11.3 Å². The largest absolute Gasteiger partial charge is 0.406 e. The van der Waals surface area contributed by atoms with Crippen LogP contribution in [0.3, 0.4) is 0 Å². The second-order valence-corrected chi connectivity index (χ2v) is 7.82. The van der Waals surface area contributed by atoms with Crippen molar-refractivity contribution in [1.29, 1.82) is 0 Å². The summed E-state index contributed by atoms with van der Waals surface area (Å²) in [7, 11) is 0. The summed E-state index contributed by atoms with van der Waals surface area (Å²) >= 11 is 0.838. The summed E-state index contributed by atoms with van der Waals surface area (Å²) in [6.45, 7) is 0.224. The highest BCUT2D eigenvalue weighted by Gasteiger charge is 2.32. The highest BCUT2D eigenvalue weighted by Crippen LogP contribution is 2.32. The maximum Gasteiger partial charge on any atom is 0.406 e. The molecular formula is C20H17F3N4O3S. The molecule has 31 heavy (non-hydrogen) atoms. The first-order chi connectivity index (χ1) is 14.7. The Labute approximate surface area is 179 Å². The van der Waals surface area contributed by atoms with Gasteiger partial charge < -0.3 is 9.88 Å². The number of thioether (sulfide) groups is 1. The lowest BCUT2D eigenvalue weighted by Gasteiger charge is -2.16. The zero-order valence-corrected chi connectivity index (χ0v) is 17.0. The SMILES string of the molecule is CC(Sc1ncc(-c2ccccc2)n1CC(F)(F)F)C(=O)Nc1ccccc1[N+](=O)[O-]. The number of nitrogens with zero attached hydrogens (tertiary/aromatic N) is 3. The highest BCUT2D eigenvalue weighted by atomic mass is 32.2. The average Bonchev–Trinajstić information content (AvgIpc) is 3.09. The lowest BCUT2D eigenvalue weighted by molar-refractivity contribution is -0.383. The van der Waals surface area contributed by atoms with Gasteiger partial charge in [-0.1, -0.05) is 54.2 Å². The van der Waals surface area contributed by atoms with E-state index in [1.807, 2.05) is 0 Å². The molecule has 1 aromatic heterocycles. The van der Waals surface area contributed by atoms with E-state index in [9.17, 15) is 28.1 Å². The van der Waals surface area contributed by atoms with Crippen molar-refractivity contribution >= 4 is 29.0 Å². The number of hydrogen-bond donors (Lipinski definition) is 1. The molecule has 0 saturated heterocycles. The van der Waals surface area contributed by atoms with E-state index in [0.29, 0.717) is 5.56 Å². The predicted octanol–water partition coefficient (Wildman–Crippen LogP) is 5.14. The fourth-order valence-electron chi connectivity index (χ4n) is 2.81. The lowest BCUT2D eigenvalue weighted by Crippen LogP contribution is -2.24. The molecular weight excluding hydrogens is 433 g/mol. The second kappa shape index (κ2) is 9.21. The Kier molecular flexibility index (Phi) is 6.64. The minimum Gasteiger partial charge on any atom is -0.319 e. The molecule has 1 N–H and O–H groups in total. The number of alkyl halides is 3. The minimum atomic E-state index is -4.49. The number of nitrogens with one attached hydrogen (secondary N) is 1. The summed E-state index contributed by atoms with van der Waals surface area (Å²) in [6.07, 6.45) is -3.16. The van der Waals surface area contributed by atoms with Gasteiger partial charge in [0.1, 0.15) is 12.2 Å². The van der Waals surface area contributed by atoms with Gasteiger partial charge in [-0.3, -0.25) is 14.9 Å². The summed E-state index contributed by atoms with van der Waals surface area (Å²) in [4.78, 5) is 27.1. The maximum atomic E-state index is 13.2. The van der Waals surface area contributed by atoms with Crippen molar-refractivity contribution in [2.24, 2.45) is 0 Å². The van der Waals surface area contributed by atoms with Crippen LogP contribution in [0.2, 0.25) is 0 Å². The van der Waals surface area contributed by atoms with Gasteiger partial charge in [0, 0.05) is 6.07 Å². The summed E-state index contributed by atoms with van der Waals surface area (Å²) in [5, 5.41) is 12.7. The Bertz CT molecular complexity index is 1090. The van der Waals surface area contributed by atoms with Gasteiger partial charge in [0.05, 0.1) is 22.1 Å². The van der Waals surface area contributed by atoms with Crippen LogP contribution in [0.5, 0.6) is 0 Å². The molecule has 2 aromatic carbocycles. The summed E-state index contributed by atoms with van der Waals surface area (Å²) in [6, 6.07) is 14.1. The molecule has 0 radical (unpaired) electrons. The van der Waals surface area contributed by atoms with Crippen molar-refractivity contribution < 1.29 is 22.9 Å². The summed E-state index contributed by atoms with van der Waals surface area (Å²) in [5.74, 6) is -0.595. The van der Waals surface area contributed by atoms with E-state index in [1.165, 1.54) is 37.4 Å². The van der Waals surface area contributed by atoms with Crippen LogP contribution in [-0.4, -0.2) is 31.8 Å². The van der Waals surface area contributed by atoms with Crippen molar-refractivity contribution in [3.63, 3.8) is 0 Å². The number of nitro benzene ring substituents is 1. The van der Waals surface area contributed by atoms with Crippen molar-refractivity contribution in [1.82, 2.24) is 9.55 Å². The molecule has 1 atom stereocenters. The van der Waals surface area contributed by atoms with Crippen LogP contribution in [0, 0.1) is 10.1 Å². The molecule has 0 aliphatic carbocycles. The third kappa shape index (κ3) is 5.63. The van der Waals surface area contributed by atoms with Gasteiger partial charge in [-0.25, -0.2) is 4.98 Å². The molecule has 0 fully saturated rings. The van der Waals surface area contributed by atoms with E-state index >= 15 is 0 Å². The molecule has 1 amide bonds. The summed E-state index contributed by atoms with van der Waals surface area (Å²) in [5.41, 5.74) is 0.557. The molecule has 1 unspecified atom stereocenters. The summed E-state index contributed by atoms with van der Waals surface area (Å²) < 4.78 is 40.6. The van der Waals surface area contributed by atoms with Gasteiger partial charge in [0.25, 0.3) is 5.69 Å². The van der Waals surface area contributed by atoms with Gasteiger partial charge in [0.2, 0.25) is 5.91 Å². The van der Waals surface area contributed by atoms with E-state index in [0.717, 1.165) is 16.3 Å². The predicted molar refractivity (Wildman–Crippen MR) is 111 cm³/mol. The monoisotopic (exact) mass is 450 g/mol. The Morgan fingerprint density at radius 2 is 1.84 bits per heavy atom. The molecule has 3 aromatic rings. The number of anilines is 1. The van der Waals surface area contributed by atoms with E-state index in [1.54, 1.807) is 30.3 Å². The Balaban J connectivity index is 1.84. The van der Waals surface area contributed by atoms with Crippen LogP contribution in [0.25, 0.3) is 11.3 Å². The smallest absolute Gasteiger partial charge is 0.319 e. The molecule has 0 saturated carbocycles. The molecule has 0 spiro atoms. The first-order valence-corrected chi connectivity index (χ1v) is 9.92. The highest BCUT2D eigenvalue weighted by molar-refractivity contribution is 8.00. The van der Waals surface area contributed by atoms with Crippen LogP contribution < -0.4 is 5.32 Å². The van der Waals surface area contributed by atoms with E-state index in [2.05, 4.69) is 10.3 Å². The van der Waals surface area contributed by atoms with Gasteiger partial charge in [-0.15, -0.1) is 0 Å². The molecule has 0 bridgehead atoms. The number of amides is 1. The van der Waals surface area contributed by atoms with E-state index in [-0.39, 0.29) is 22.2 Å².